The number of anilines is 3. The number of nitrogens with zero attached hydrogens (tertiary/aromatic N) is 4. The highest BCUT2D eigenvalue weighted by Crippen LogP contribution is 2.33. The number of benzene rings is 1. The quantitative estimate of drug-likeness (QED) is 0.532. The molecule has 2 heterocycles. The van der Waals surface area contributed by atoms with Crippen LogP contribution in [0.15, 0.2) is 33.8 Å². The molecule has 174 valence electrons. The van der Waals surface area contributed by atoms with Crippen molar-refractivity contribution in [2.45, 2.75) is 30.3 Å². The molecule has 1 fully saturated rings. The van der Waals surface area contributed by atoms with E-state index in [9.17, 15) is 14.7 Å². The predicted octanol–water partition coefficient (Wildman–Crippen LogP) is 2.74. The van der Waals surface area contributed by atoms with E-state index in [1.54, 1.807) is 0 Å². The van der Waals surface area contributed by atoms with Crippen molar-refractivity contribution in [3.63, 3.8) is 0 Å². The Hall–Kier alpha value is -2.92. The summed E-state index contributed by atoms with van der Waals surface area (Å²) >= 11 is 1.52. The van der Waals surface area contributed by atoms with Crippen LogP contribution in [0.2, 0.25) is 0 Å². The molecule has 10 nitrogen and oxygen atoms in total. The molecule has 1 aliphatic heterocycles. The highest BCUT2D eigenvalue weighted by atomic mass is 32.2. The van der Waals surface area contributed by atoms with Gasteiger partial charge in [0.1, 0.15) is 6.26 Å². The Morgan fingerprint density at radius 3 is 2.72 bits per heavy atom. The van der Waals surface area contributed by atoms with Gasteiger partial charge in [-0.05, 0) is 45.0 Å². The number of rotatable bonds is 7. The first-order valence-electron chi connectivity index (χ1n) is 10.4. The fraction of sp³-hybridized carbons (Fsp3) is 0.476. The second kappa shape index (κ2) is 10.1. The number of amides is 2. The molecule has 2 amide bonds. The van der Waals surface area contributed by atoms with Crippen LogP contribution >= 0.6 is 11.8 Å². The van der Waals surface area contributed by atoms with Crippen molar-refractivity contribution in [2.75, 3.05) is 55.9 Å². The maximum absolute atomic E-state index is 12.6. The van der Waals surface area contributed by atoms with E-state index in [0.29, 0.717) is 25.3 Å². The number of carboxylic acid groups (broad SMARTS) is 1. The summed E-state index contributed by atoms with van der Waals surface area (Å²) in [5.41, 5.74) is 7.16. The molecule has 11 heteroatoms. The third-order valence-corrected chi connectivity index (χ3v) is 6.53. The van der Waals surface area contributed by atoms with Gasteiger partial charge in [0, 0.05) is 36.3 Å². The minimum atomic E-state index is -0.902. The first kappa shape index (κ1) is 23.7. The molecule has 2 unspecified atom stereocenters. The average molecular weight is 463 g/mol. The molecule has 0 radical (unpaired) electrons. The van der Waals surface area contributed by atoms with E-state index < -0.39 is 12.0 Å². The van der Waals surface area contributed by atoms with Crippen LogP contribution in [0.1, 0.15) is 23.8 Å². The molecule has 1 saturated heterocycles. The Kier molecular flexibility index (Phi) is 7.52. The van der Waals surface area contributed by atoms with Crippen molar-refractivity contribution in [1.29, 1.82) is 0 Å². The summed E-state index contributed by atoms with van der Waals surface area (Å²) in [6, 6.07) is 5.97. The van der Waals surface area contributed by atoms with Crippen molar-refractivity contribution in [3.8, 4) is 0 Å². The summed E-state index contributed by atoms with van der Waals surface area (Å²) in [7, 11) is 4.02. The molecule has 1 aromatic carbocycles. The Morgan fingerprint density at radius 1 is 1.41 bits per heavy atom. The molecule has 0 aliphatic carbocycles. The topological polar surface area (TPSA) is 128 Å². The highest BCUT2D eigenvalue weighted by Gasteiger charge is 2.35. The van der Waals surface area contributed by atoms with Crippen LogP contribution in [0, 0.1) is 0 Å². The van der Waals surface area contributed by atoms with Crippen molar-refractivity contribution in [1.82, 2.24) is 14.8 Å². The number of hydrogen-bond acceptors (Lipinski definition) is 8. The molecular formula is C21H30N6O4S. The predicted molar refractivity (Wildman–Crippen MR) is 126 cm³/mol. The van der Waals surface area contributed by atoms with Crippen LogP contribution in [0.3, 0.4) is 0 Å². The fourth-order valence-electron chi connectivity index (χ4n) is 4.17. The second-order valence-corrected chi connectivity index (χ2v) is 8.69. The van der Waals surface area contributed by atoms with Gasteiger partial charge in [0.15, 0.2) is 5.69 Å². The number of oxazole rings is 1. The first-order chi connectivity index (χ1) is 15.2. The molecule has 0 bridgehead atoms. The van der Waals surface area contributed by atoms with Gasteiger partial charge in [-0.1, -0.05) is 6.92 Å². The van der Waals surface area contributed by atoms with Crippen molar-refractivity contribution in [3.05, 3.63) is 30.2 Å². The lowest BCUT2D eigenvalue weighted by atomic mass is 9.99. The van der Waals surface area contributed by atoms with Gasteiger partial charge < -0.3 is 35.3 Å². The molecule has 2 aromatic rings. The smallest absolute Gasteiger partial charge is 0.407 e. The van der Waals surface area contributed by atoms with Gasteiger partial charge in [0.25, 0.3) is 11.9 Å². The van der Waals surface area contributed by atoms with E-state index in [1.165, 1.54) is 22.9 Å². The number of nitrogens with one attached hydrogen (secondary N) is 1. The molecule has 3 rings (SSSR count). The number of thioether (sulfide) groups is 1. The maximum Gasteiger partial charge on any atom is 0.407 e. The number of carbonyl (C=O) groups excluding carboxylic acids is 1. The third kappa shape index (κ3) is 5.10. The second-order valence-electron chi connectivity index (χ2n) is 7.84. The molecule has 0 saturated carbocycles. The SMILES string of the molecule is CCC(C1CN(C(=O)O)CCN1c1ccc(SC)c(NC(=O)c2coc(N)n2)c1)N(C)C. The van der Waals surface area contributed by atoms with Gasteiger partial charge in [-0.15, -0.1) is 11.8 Å². The fourth-order valence-corrected chi connectivity index (χ4v) is 4.70. The zero-order valence-electron chi connectivity index (χ0n) is 18.7. The Labute approximate surface area is 191 Å². The first-order valence-corrected chi connectivity index (χ1v) is 11.6. The normalized spacial score (nSPS) is 17.5. The minimum Gasteiger partial charge on any atom is -0.465 e. The Balaban J connectivity index is 1.93. The summed E-state index contributed by atoms with van der Waals surface area (Å²) in [5.74, 6) is -0.412. The Morgan fingerprint density at radius 2 is 2.16 bits per heavy atom. The summed E-state index contributed by atoms with van der Waals surface area (Å²) in [4.78, 5) is 34.9. The number of carbonyl (C=O) groups is 2. The number of nitrogen functional groups attached to an aromatic ring is 1. The monoisotopic (exact) mass is 462 g/mol. The minimum absolute atomic E-state index is 0.0288. The molecule has 4 N–H and O–H groups in total. The van der Waals surface area contributed by atoms with Crippen LogP contribution in [0.5, 0.6) is 0 Å². The molecule has 2 atom stereocenters. The molecule has 32 heavy (non-hydrogen) atoms. The van der Waals surface area contributed by atoms with E-state index in [2.05, 4.69) is 27.0 Å². The summed E-state index contributed by atoms with van der Waals surface area (Å²) in [6.45, 7) is 3.50. The maximum atomic E-state index is 12.6. The van der Waals surface area contributed by atoms with Crippen molar-refractivity contribution in [2.24, 2.45) is 0 Å². The molecule has 1 aromatic heterocycles. The lowest BCUT2D eigenvalue weighted by Gasteiger charge is -2.47. The van der Waals surface area contributed by atoms with Gasteiger partial charge in [0.2, 0.25) is 0 Å². The van der Waals surface area contributed by atoms with E-state index >= 15 is 0 Å². The number of nitrogens with two attached hydrogens (primary N) is 1. The van der Waals surface area contributed by atoms with Crippen molar-refractivity contribution >= 4 is 41.2 Å². The van der Waals surface area contributed by atoms with Crippen LogP contribution in [0.25, 0.3) is 0 Å². The number of likely N-dealkylation sites (N-methyl/N-ethyl adjacent to an activating group) is 1. The lowest BCUT2D eigenvalue weighted by molar-refractivity contribution is 0.102. The molecule has 1 aliphatic rings. The summed E-state index contributed by atoms with van der Waals surface area (Å²) in [6.07, 6.45) is 3.13. The van der Waals surface area contributed by atoms with Crippen molar-refractivity contribution < 1.29 is 19.1 Å². The van der Waals surface area contributed by atoms with E-state index in [1.807, 2.05) is 38.6 Å². The van der Waals surface area contributed by atoms with Gasteiger partial charge in [0.05, 0.1) is 11.7 Å². The number of aromatic nitrogens is 1. The van der Waals surface area contributed by atoms with Gasteiger partial charge in [-0.2, -0.15) is 4.98 Å². The number of piperazine rings is 1. The third-order valence-electron chi connectivity index (χ3n) is 5.73. The largest absolute Gasteiger partial charge is 0.465 e. The standard InChI is InChI=1S/C21H30N6O4S/c1-5-16(25(2)3)17-11-26(21(29)30)8-9-27(17)13-6-7-18(32-4)14(10-13)23-19(28)15-12-31-20(22)24-15/h6-7,10,12,16-17H,5,8-9,11H2,1-4H3,(H2,22,24)(H,23,28)(H,29,30). The Bertz CT molecular complexity index is 966. The van der Waals surface area contributed by atoms with E-state index in [4.69, 9.17) is 10.2 Å². The van der Waals surface area contributed by atoms with Crippen LogP contribution < -0.4 is 16.0 Å². The summed E-state index contributed by atoms with van der Waals surface area (Å²) in [5, 5.41) is 12.4. The number of hydrogen-bond donors (Lipinski definition) is 3. The summed E-state index contributed by atoms with van der Waals surface area (Å²) < 4.78 is 4.94. The molecular weight excluding hydrogens is 432 g/mol. The van der Waals surface area contributed by atoms with E-state index in [0.717, 1.165) is 17.0 Å². The molecule has 0 spiro atoms. The van der Waals surface area contributed by atoms with Gasteiger partial charge in [-0.25, -0.2) is 4.79 Å². The average Bonchev–Trinajstić information content (AvgIpc) is 3.20. The zero-order valence-corrected chi connectivity index (χ0v) is 19.6. The van der Waals surface area contributed by atoms with Crippen LogP contribution in [-0.2, 0) is 0 Å². The lowest BCUT2D eigenvalue weighted by Crippen LogP contribution is -2.61. The van der Waals surface area contributed by atoms with Gasteiger partial charge >= 0.3 is 6.09 Å². The van der Waals surface area contributed by atoms with E-state index in [-0.39, 0.29) is 23.8 Å². The van der Waals surface area contributed by atoms with Crippen LogP contribution in [-0.4, -0.2) is 84.0 Å². The highest BCUT2D eigenvalue weighted by molar-refractivity contribution is 7.98. The van der Waals surface area contributed by atoms with Crippen LogP contribution in [0.4, 0.5) is 22.2 Å². The zero-order chi connectivity index (χ0) is 23.4. The van der Waals surface area contributed by atoms with Gasteiger partial charge in [-0.3, -0.25) is 4.79 Å².